The molecule has 16 heavy (non-hydrogen) atoms. The van der Waals surface area contributed by atoms with Crippen LogP contribution >= 0.6 is 0 Å². The molecule has 96 valence electrons. The first kappa shape index (κ1) is 13.9. The van der Waals surface area contributed by atoms with Crippen molar-refractivity contribution < 1.29 is 18.3 Å². The lowest BCUT2D eigenvalue weighted by atomic mass is 10.0. The molecule has 6 nitrogen and oxygen atoms in total. The summed E-state index contributed by atoms with van der Waals surface area (Å²) in [6, 6.07) is 0. The smallest absolute Gasteiger partial charge is 0.280 e. The minimum Gasteiger partial charge on any atom is -0.391 e. The van der Waals surface area contributed by atoms with Crippen molar-refractivity contribution in [2.75, 3.05) is 26.3 Å². The van der Waals surface area contributed by atoms with Crippen LogP contribution in [0.2, 0.25) is 0 Å². The van der Waals surface area contributed by atoms with E-state index in [2.05, 4.69) is 4.72 Å². The summed E-state index contributed by atoms with van der Waals surface area (Å²) in [5, 5.41) is 9.47. The first-order valence-electron chi connectivity index (χ1n) is 5.30. The second-order valence-corrected chi connectivity index (χ2v) is 6.19. The van der Waals surface area contributed by atoms with Crippen molar-refractivity contribution in [3.63, 3.8) is 0 Å². The van der Waals surface area contributed by atoms with Crippen LogP contribution in [0.1, 0.15) is 20.8 Å². The van der Waals surface area contributed by atoms with Crippen LogP contribution in [0.15, 0.2) is 0 Å². The number of rotatable bonds is 4. The molecule has 1 aliphatic rings. The van der Waals surface area contributed by atoms with Gasteiger partial charge in [0.25, 0.3) is 10.2 Å². The Kier molecular flexibility index (Phi) is 4.30. The summed E-state index contributed by atoms with van der Waals surface area (Å²) in [5.74, 6) is 0. The zero-order valence-corrected chi connectivity index (χ0v) is 10.7. The van der Waals surface area contributed by atoms with E-state index in [0.29, 0.717) is 26.3 Å². The fourth-order valence-electron chi connectivity index (χ4n) is 1.27. The van der Waals surface area contributed by atoms with Crippen LogP contribution in [-0.4, -0.2) is 55.8 Å². The van der Waals surface area contributed by atoms with Gasteiger partial charge in [-0.3, -0.25) is 0 Å². The van der Waals surface area contributed by atoms with Gasteiger partial charge in [-0.2, -0.15) is 17.4 Å². The predicted octanol–water partition coefficient (Wildman–Crippen LogP) is -0.688. The predicted molar refractivity (Wildman–Crippen MR) is 60.2 cm³/mol. The summed E-state index contributed by atoms with van der Waals surface area (Å²) in [7, 11) is -3.54. The highest BCUT2D eigenvalue weighted by Gasteiger charge is 2.33. The van der Waals surface area contributed by atoms with Crippen molar-refractivity contribution in [1.29, 1.82) is 0 Å². The number of aliphatic hydroxyl groups excluding tert-OH is 1. The Morgan fingerprint density at radius 3 is 2.31 bits per heavy atom. The first-order valence-corrected chi connectivity index (χ1v) is 6.74. The Bertz CT molecular complexity index is 320. The molecule has 1 unspecified atom stereocenters. The number of nitrogens with one attached hydrogen (secondary N) is 1. The van der Waals surface area contributed by atoms with Crippen LogP contribution in [0.3, 0.4) is 0 Å². The van der Waals surface area contributed by atoms with Gasteiger partial charge in [0.1, 0.15) is 0 Å². The van der Waals surface area contributed by atoms with Gasteiger partial charge in [0.05, 0.1) is 24.9 Å². The summed E-state index contributed by atoms with van der Waals surface area (Å²) in [5.41, 5.74) is -0.878. The average Bonchev–Trinajstić information content (AvgIpc) is 2.17. The number of nitrogens with zero attached hydrogens (tertiary/aromatic N) is 1. The van der Waals surface area contributed by atoms with Gasteiger partial charge >= 0.3 is 0 Å². The summed E-state index contributed by atoms with van der Waals surface area (Å²) in [4.78, 5) is 0. The Labute approximate surface area is 96.8 Å². The maximum Gasteiger partial charge on any atom is 0.280 e. The van der Waals surface area contributed by atoms with Crippen LogP contribution in [0, 0.1) is 0 Å². The van der Waals surface area contributed by atoms with E-state index >= 15 is 0 Å². The van der Waals surface area contributed by atoms with Gasteiger partial charge in [0.2, 0.25) is 0 Å². The lowest BCUT2D eigenvalue weighted by molar-refractivity contribution is 0.0697. The fourth-order valence-corrected chi connectivity index (χ4v) is 2.86. The summed E-state index contributed by atoms with van der Waals surface area (Å²) < 4.78 is 32.8. The number of hydrogen-bond donors (Lipinski definition) is 2. The first-order chi connectivity index (χ1) is 7.26. The highest BCUT2D eigenvalue weighted by atomic mass is 32.2. The third-order valence-electron chi connectivity index (χ3n) is 2.75. The third-order valence-corrected chi connectivity index (χ3v) is 4.58. The molecule has 0 aromatic heterocycles. The minimum atomic E-state index is -3.54. The molecule has 0 aromatic rings. The molecule has 1 fully saturated rings. The van der Waals surface area contributed by atoms with E-state index in [1.165, 1.54) is 4.31 Å². The Morgan fingerprint density at radius 2 is 1.88 bits per heavy atom. The van der Waals surface area contributed by atoms with Crippen molar-refractivity contribution in [2.45, 2.75) is 32.4 Å². The molecule has 1 rings (SSSR count). The quantitative estimate of drug-likeness (QED) is 0.694. The van der Waals surface area contributed by atoms with Gasteiger partial charge in [0.15, 0.2) is 0 Å². The van der Waals surface area contributed by atoms with Crippen molar-refractivity contribution in [3.05, 3.63) is 0 Å². The van der Waals surface area contributed by atoms with Crippen LogP contribution in [0.25, 0.3) is 0 Å². The number of morpholine rings is 1. The molecule has 0 saturated carbocycles. The molecule has 0 amide bonds. The lowest BCUT2D eigenvalue weighted by Crippen LogP contribution is -2.56. The molecule has 1 atom stereocenters. The van der Waals surface area contributed by atoms with Gasteiger partial charge < -0.3 is 9.84 Å². The van der Waals surface area contributed by atoms with E-state index in [1.54, 1.807) is 20.8 Å². The standard InChI is InChI=1S/C9H20N2O4S/c1-8(12)9(2,3)10-16(13,14)11-4-6-15-7-5-11/h8,10,12H,4-7H2,1-3H3. The SMILES string of the molecule is CC(O)C(C)(C)NS(=O)(=O)N1CCOCC1. The monoisotopic (exact) mass is 252 g/mol. The molecule has 0 spiro atoms. The Balaban J connectivity index is 2.71. The Hall–Kier alpha value is -0.210. The van der Waals surface area contributed by atoms with Crippen LogP contribution in [-0.2, 0) is 14.9 Å². The summed E-state index contributed by atoms with van der Waals surface area (Å²) in [6.45, 7) is 6.38. The van der Waals surface area contributed by atoms with Crippen molar-refractivity contribution in [3.8, 4) is 0 Å². The zero-order chi connectivity index (χ0) is 12.4. The van der Waals surface area contributed by atoms with E-state index in [4.69, 9.17) is 4.74 Å². The van der Waals surface area contributed by atoms with E-state index < -0.39 is 21.9 Å². The molecule has 1 saturated heterocycles. The van der Waals surface area contributed by atoms with Gasteiger partial charge in [-0.25, -0.2) is 0 Å². The molecule has 0 radical (unpaired) electrons. The van der Waals surface area contributed by atoms with Crippen molar-refractivity contribution in [2.24, 2.45) is 0 Å². The lowest BCUT2D eigenvalue weighted by Gasteiger charge is -2.33. The molecule has 2 N–H and O–H groups in total. The third kappa shape index (κ3) is 3.39. The molecular formula is C9H20N2O4S. The topological polar surface area (TPSA) is 78.9 Å². The molecule has 0 aliphatic carbocycles. The van der Waals surface area contributed by atoms with E-state index in [0.717, 1.165) is 0 Å². The largest absolute Gasteiger partial charge is 0.391 e. The van der Waals surface area contributed by atoms with Crippen molar-refractivity contribution in [1.82, 2.24) is 9.03 Å². The molecule has 7 heteroatoms. The maximum atomic E-state index is 12.0. The van der Waals surface area contributed by atoms with E-state index in [1.807, 2.05) is 0 Å². The second kappa shape index (κ2) is 4.97. The summed E-state index contributed by atoms with van der Waals surface area (Å²) >= 11 is 0. The molecule has 1 heterocycles. The highest BCUT2D eigenvalue weighted by Crippen LogP contribution is 2.13. The second-order valence-electron chi connectivity index (χ2n) is 4.52. The van der Waals surface area contributed by atoms with Crippen LogP contribution < -0.4 is 4.72 Å². The fraction of sp³-hybridized carbons (Fsp3) is 1.00. The van der Waals surface area contributed by atoms with Crippen molar-refractivity contribution >= 4 is 10.2 Å². The van der Waals surface area contributed by atoms with Gasteiger partial charge in [-0.15, -0.1) is 0 Å². The average molecular weight is 252 g/mol. The van der Waals surface area contributed by atoms with Crippen LogP contribution in [0.5, 0.6) is 0 Å². The maximum absolute atomic E-state index is 12.0. The number of hydrogen-bond acceptors (Lipinski definition) is 4. The molecule has 1 aliphatic heterocycles. The normalized spacial score (nSPS) is 22.0. The Morgan fingerprint density at radius 1 is 1.38 bits per heavy atom. The number of ether oxygens (including phenoxy) is 1. The van der Waals surface area contributed by atoms with Gasteiger partial charge in [-0.1, -0.05) is 0 Å². The molecular weight excluding hydrogens is 232 g/mol. The van der Waals surface area contributed by atoms with Gasteiger partial charge in [0, 0.05) is 13.1 Å². The zero-order valence-electron chi connectivity index (χ0n) is 9.93. The summed E-state index contributed by atoms with van der Waals surface area (Å²) in [6.07, 6.45) is -0.761. The minimum absolute atomic E-state index is 0.352. The van der Waals surface area contributed by atoms with Gasteiger partial charge in [-0.05, 0) is 20.8 Å². The van der Waals surface area contributed by atoms with Crippen LogP contribution in [0.4, 0.5) is 0 Å². The molecule has 0 aromatic carbocycles. The number of aliphatic hydroxyl groups is 1. The highest BCUT2D eigenvalue weighted by molar-refractivity contribution is 7.87. The van der Waals surface area contributed by atoms with E-state index in [9.17, 15) is 13.5 Å². The van der Waals surface area contributed by atoms with E-state index in [-0.39, 0.29) is 0 Å². The molecule has 0 bridgehead atoms.